The first kappa shape index (κ1) is 13.4. The molecule has 2 aromatic rings. The van der Waals surface area contributed by atoms with E-state index in [1.165, 1.54) is 0 Å². The van der Waals surface area contributed by atoms with Gasteiger partial charge in [-0.15, -0.1) is 0 Å². The van der Waals surface area contributed by atoms with Crippen molar-refractivity contribution in [3.8, 4) is 0 Å². The molecule has 0 fully saturated rings. The Morgan fingerprint density at radius 1 is 1.47 bits per heavy atom. The maximum atomic E-state index is 12.0. The van der Waals surface area contributed by atoms with Gasteiger partial charge in [-0.2, -0.15) is 5.10 Å². The third-order valence-electron chi connectivity index (χ3n) is 2.64. The lowest BCUT2D eigenvalue weighted by Crippen LogP contribution is -2.30. The fourth-order valence-electron chi connectivity index (χ4n) is 1.67. The third kappa shape index (κ3) is 3.48. The van der Waals surface area contributed by atoms with Gasteiger partial charge >= 0.3 is 6.03 Å². The van der Waals surface area contributed by atoms with Crippen molar-refractivity contribution in [1.82, 2.24) is 14.7 Å². The van der Waals surface area contributed by atoms with Gasteiger partial charge < -0.3 is 10.2 Å². The Balaban J connectivity index is 1.98. The molecule has 2 rings (SSSR count). The molecule has 0 spiro atoms. The highest BCUT2D eigenvalue weighted by Crippen LogP contribution is 2.20. The predicted octanol–water partition coefficient (Wildman–Crippen LogP) is 2.74. The van der Waals surface area contributed by atoms with Gasteiger partial charge in [0.15, 0.2) is 0 Å². The molecule has 0 saturated carbocycles. The Hall–Kier alpha value is -2.01. The molecule has 0 bridgehead atoms. The SMILES string of the molecule is CN(Cc1cnn(C)c1)C(=O)Nc1ccccc1Cl. The zero-order valence-electron chi connectivity index (χ0n) is 10.8. The molecular formula is C13H15ClN4O. The van der Waals surface area contributed by atoms with Gasteiger partial charge in [-0.25, -0.2) is 4.79 Å². The lowest BCUT2D eigenvalue weighted by atomic mass is 10.3. The number of nitrogens with zero attached hydrogens (tertiary/aromatic N) is 3. The number of anilines is 1. The van der Waals surface area contributed by atoms with E-state index in [0.29, 0.717) is 17.3 Å². The van der Waals surface area contributed by atoms with Crippen LogP contribution in [0.3, 0.4) is 0 Å². The van der Waals surface area contributed by atoms with E-state index in [9.17, 15) is 4.79 Å². The number of aryl methyl sites for hydroxylation is 1. The number of amides is 2. The summed E-state index contributed by atoms with van der Waals surface area (Å²) in [6.07, 6.45) is 3.61. The van der Waals surface area contributed by atoms with Gasteiger partial charge in [-0.1, -0.05) is 23.7 Å². The van der Waals surface area contributed by atoms with Gasteiger partial charge in [0.1, 0.15) is 0 Å². The largest absolute Gasteiger partial charge is 0.323 e. The molecule has 0 aliphatic heterocycles. The molecule has 1 aromatic heterocycles. The zero-order chi connectivity index (χ0) is 13.8. The summed E-state index contributed by atoms with van der Waals surface area (Å²) in [4.78, 5) is 13.6. The Bertz CT molecular complexity index is 582. The number of hydrogen-bond donors (Lipinski definition) is 1. The van der Waals surface area contributed by atoms with E-state index in [-0.39, 0.29) is 6.03 Å². The molecule has 19 heavy (non-hydrogen) atoms. The second kappa shape index (κ2) is 5.75. The van der Waals surface area contributed by atoms with Crippen LogP contribution in [-0.2, 0) is 13.6 Å². The van der Waals surface area contributed by atoms with Crippen LogP contribution < -0.4 is 5.32 Å². The number of carbonyl (C=O) groups excluding carboxylic acids is 1. The second-order valence-corrected chi connectivity index (χ2v) is 4.70. The summed E-state index contributed by atoms with van der Waals surface area (Å²) >= 11 is 5.99. The lowest BCUT2D eigenvalue weighted by molar-refractivity contribution is 0.220. The van der Waals surface area contributed by atoms with E-state index >= 15 is 0 Å². The first-order chi connectivity index (χ1) is 9.06. The normalized spacial score (nSPS) is 10.3. The Morgan fingerprint density at radius 3 is 2.84 bits per heavy atom. The topological polar surface area (TPSA) is 50.2 Å². The van der Waals surface area contributed by atoms with Crippen molar-refractivity contribution in [3.63, 3.8) is 0 Å². The maximum Gasteiger partial charge on any atom is 0.321 e. The molecule has 0 unspecified atom stereocenters. The minimum atomic E-state index is -0.211. The summed E-state index contributed by atoms with van der Waals surface area (Å²) in [6, 6.07) is 6.92. The molecule has 2 amide bonds. The second-order valence-electron chi connectivity index (χ2n) is 4.29. The van der Waals surface area contributed by atoms with Gasteiger partial charge in [0.05, 0.1) is 23.5 Å². The quantitative estimate of drug-likeness (QED) is 0.938. The van der Waals surface area contributed by atoms with Crippen molar-refractivity contribution >= 4 is 23.3 Å². The van der Waals surface area contributed by atoms with Gasteiger partial charge in [-0.05, 0) is 12.1 Å². The summed E-state index contributed by atoms with van der Waals surface area (Å²) in [5.74, 6) is 0. The average molecular weight is 279 g/mol. The molecular weight excluding hydrogens is 264 g/mol. The molecule has 0 aliphatic carbocycles. The summed E-state index contributed by atoms with van der Waals surface area (Å²) < 4.78 is 1.70. The summed E-state index contributed by atoms with van der Waals surface area (Å²) in [5, 5.41) is 7.35. The minimum Gasteiger partial charge on any atom is -0.323 e. The van der Waals surface area contributed by atoms with E-state index in [1.807, 2.05) is 25.4 Å². The Kier molecular flexibility index (Phi) is 4.06. The van der Waals surface area contributed by atoms with Crippen molar-refractivity contribution in [1.29, 1.82) is 0 Å². The number of hydrogen-bond acceptors (Lipinski definition) is 2. The average Bonchev–Trinajstić information content (AvgIpc) is 2.77. The predicted molar refractivity (Wildman–Crippen MR) is 75.1 cm³/mol. The van der Waals surface area contributed by atoms with E-state index in [4.69, 9.17) is 11.6 Å². The van der Waals surface area contributed by atoms with Gasteiger partial charge in [0.2, 0.25) is 0 Å². The summed E-state index contributed by atoms with van der Waals surface area (Å²) in [6.45, 7) is 0.490. The van der Waals surface area contributed by atoms with Gasteiger partial charge in [0.25, 0.3) is 0 Å². The molecule has 1 aromatic carbocycles. The van der Waals surface area contributed by atoms with Gasteiger partial charge in [0, 0.05) is 25.9 Å². The number of nitrogens with one attached hydrogen (secondary N) is 1. The van der Waals surface area contributed by atoms with Crippen molar-refractivity contribution in [2.75, 3.05) is 12.4 Å². The summed E-state index contributed by atoms with van der Waals surface area (Å²) in [7, 11) is 3.56. The summed E-state index contributed by atoms with van der Waals surface area (Å²) in [5.41, 5.74) is 1.58. The van der Waals surface area contributed by atoms with Crippen LogP contribution in [-0.4, -0.2) is 27.8 Å². The van der Waals surface area contributed by atoms with Crippen LogP contribution in [0.4, 0.5) is 10.5 Å². The molecule has 1 heterocycles. The fraction of sp³-hybridized carbons (Fsp3) is 0.231. The fourth-order valence-corrected chi connectivity index (χ4v) is 1.86. The highest BCUT2D eigenvalue weighted by atomic mass is 35.5. The first-order valence-electron chi connectivity index (χ1n) is 5.80. The van der Waals surface area contributed by atoms with Crippen LogP contribution >= 0.6 is 11.6 Å². The molecule has 0 saturated heterocycles. The standard InChI is InChI=1S/C13H15ClN4O/c1-17(8-10-7-15-18(2)9-10)13(19)16-12-6-4-3-5-11(12)14/h3-7,9H,8H2,1-2H3,(H,16,19). The van der Waals surface area contributed by atoms with E-state index in [1.54, 1.807) is 35.0 Å². The number of para-hydroxylation sites is 1. The van der Waals surface area contributed by atoms with E-state index in [2.05, 4.69) is 10.4 Å². The smallest absolute Gasteiger partial charge is 0.321 e. The first-order valence-corrected chi connectivity index (χ1v) is 6.18. The molecule has 0 radical (unpaired) electrons. The molecule has 100 valence electrons. The van der Waals surface area contributed by atoms with Gasteiger partial charge in [-0.3, -0.25) is 4.68 Å². The van der Waals surface area contributed by atoms with E-state index in [0.717, 1.165) is 5.56 Å². The Morgan fingerprint density at radius 2 is 2.21 bits per heavy atom. The number of rotatable bonds is 3. The number of urea groups is 1. The monoisotopic (exact) mass is 278 g/mol. The molecule has 0 atom stereocenters. The molecule has 0 aliphatic rings. The van der Waals surface area contributed by atoms with Crippen LogP contribution in [0, 0.1) is 0 Å². The maximum absolute atomic E-state index is 12.0. The number of aromatic nitrogens is 2. The lowest BCUT2D eigenvalue weighted by Gasteiger charge is -2.17. The van der Waals surface area contributed by atoms with Crippen LogP contribution in [0.1, 0.15) is 5.56 Å². The van der Waals surface area contributed by atoms with Crippen molar-refractivity contribution in [3.05, 3.63) is 47.2 Å². The highest BCUT2D eigenvalue weighted by Gasteiger charge is 2.11. The van der Waals surface area contributed by atoms with Crippen molar-refractivity contribution < 1.29 is 4.79 Å². The van der Waals surface area contributed by atoms with Crippen LogP contribution in [0.5, 0.6) is 0 Å². The number of carbonyl (C=O) groups is 1. The molecule has 6 heteroatoms. The minimum absolute atomic E-state index is 0.211. The van der Waals surface area contributed by atoms with Crippen LogP contribution in [0.25, 0.3) is 0 Å². The van der Waals surface area contributed by atoms with Crippen LogP contribution in [0.2, 0.25) is 5.02 Å². The number of halogens is 1. The Labute approximate surface area is 116 Å². The molecule has 5 nitrogen and oxygen atoms in total. The third-order valence-corrected chi connectivity index (χ3v) is 2.97. The van der Waals surface area contributed by atoms with Crippen molar-refractivity contribution in [2.24, 2.45) is 7.05 Å². The van der Waals surface area contributed by atoms with Crippen molar-refractivity contribution in [2.45, 2.75) is 6.54 Å². The zero-order valence-corrected chi connectivity index (χ0v) is 11.6. The van der Waals surface area contributed by atoms with Crippen LogP contribution in [0.15, 0.2) is 36.7 Å². The highest BCUT2D eigenvalue weighted by molar-refractivity contribution is 6.33. The number of benzene rings is 1. The molecule has 1 N–H and O–H groups in total. The van der Waals surface area contributed by atoms with E-state index < -0.39 is 0 Å².